The number of hydrogen-bond donors (Lipinski definition) is 2. The number of aliphatic carboxylic acids is 1. The average molecular weight is 252 g/mol. The lowest BCUT2D eigenvalue weighted by Gasteiger charge is -2.07. The van der Waals surface area contributed by atoms with Crippen molar-refractivity contribution in [3.05, 3.63) is 29.3 Å². The Bertz CT molecular complexity index is 370. The molecule has 3 heteroatoms. The van der Waals surface area contributed by atoms with Crippen molar-refractivity contribution in [2.45, 2.75) is 52.9 Å². The highest BCUT2D eigenvalue weighted by atomic mass is 16.4. The molecule has 0 saturated carbocycles. The van der Waals surface area contributed by atoms with E-state index in [9.17, 15) is 9.90 Å². The van der Waals surface area contributed by atoms with Crippen LogP contribution in [0.4, 0.5) is 0 Å². The molecule has 1 aromatic carbocycles. The summed E-state index contributed by atoms with van der Waals surface area (Å²) in [5, 5.41) is 17.5. The van der Waals surface area contributed by atoms with Crippen LogP contribution in [0.3, 0.4) is 0 Å². The first-order valence-corrected chi connectivity index (χ1v) is 6.39. The highest BCUT2D eigenvalue weighted by Crippen LogP contribution is 2.25. The minimum Gasteiger partial charge on any atom is -0.508 e. The van der Waals surface area contributed by atoms with Crippen molar-refractivity contribution in [3.8, 4) is 5.75 Å². The summed E-state index contributed by atoms with van der Waals surface area (Å²) in [6.45, 7) is 8.10. The van der Waals surface area contributed by atoms with Crippen LogP contribution in [-0.4, -0.2) is 16.2 Å². The Morgan fingerprint density at radius 3 is 2.28 bits per heavy atom. The molecule has 2 N–H and O–H groups in total. The molecule has 18 heavy (non-hydrogen) atoms. The summed E-state index contributed by atoms with van der Waals surface area (Å²) in [5.74, 6) is 0.123. The van der Waals surface area contributed by atoms with Crippen molar-refractivity contribution < 1.29 is 15.0 Å². The van der Waals surface area contributed by atoms with Gasteiger partial charge in [0, 0.05) is 6.42 Å². The standard InChI is InChI=1S/C10H14O.C5H10O2/c1-7(2)9-5-4-8(3)6-10(9)11;1-2-3-4-5(6)7/h4-7,11H,1-3H3;2-4H2,1H3,(H,6,7). The van der Waals surface area contributed by atoms with E-state index >= 15 is 0 Å². The number of carboxylic acid groups (broad SMARTS) is 1. The minimum absolute atomic E-state index is 0.316. The van der Waals surface area contributed by atoms with Crippen LogP contribution in [0.2, 0.25) is 0 Å². The summed E-state index contributed by atoms with van der Waals surface area (Å²) in [6, 6.07) is 5.81. The Balaban J connectivity index is 0.000000360. The monoisotopic (exact) mass is 252 g/mol. The van der Waals surface area contributed by atoms with Crippen molar-refractivity contribution >= 4 is 5.97 Å². The van der Waals surface area contributed by atoms with E-state index in [0.717, 1.165) is 24.0 Å². The molecule has 0 saturated heterocycles. The second-order valence-electron chi connectivity index (χ2n) is 4.71. The van der Waals surface area contributed by atoms with Crippen molar-refractivity contribution in [2.24, 2.45) is 0 Å². The number of unbranched alkanes of at least 4 members (excludes halogenated alkanes) is 1. The third kappa shape index (κ3) is 6.94. The van der Waals surface area contributed by atoms with E-state index in [2.05, 4.69) is 13.8 Å². The van der Waals surface area contributed by atoms with Gasteiger partial charge in [0.2, 0.25) is 0 Å². The van der Waals surface area contributed by atoms with Crippen LogP contribution >= 0.6 is 0 Å². The maximum absolute atomic E-state index is 9.76. The van der Waals surface area contributed by atoms with E-state index in [4.69, 9.17) is 5.11 Å². The van der Waals surface area contributed by atoms with Crippen molar-refractivity contribution in [1.29, 1.82) is 0 Å². The molecule has 0 unspecified atom stereocenters. The third-order valence-electron chi connectivity index (χ3n) is 2.55. The molecule has 0 atom stereocenters. The Kier molecular flexibility index (Phi) is 7.84. The first kappa shape index (κ1) is 16.5. The SMILES string of the molecule is CCCCC(=O)O.Cc1ccc(C(C)C)c(O)c1. The molecular formula is C15H24O3. The fourth-order valence-corrected chi connectivity index (χ4v) is 1.47. The van der Waals surface area contributed by atoms with Gasteiger partial charge >= 0.3 is 5.97 Å². The highest BCUT2D eigenvalue weighted by molar-refractivity contribution is 5.66. The highest BCUT2D eigenvalue weighted by Gasteiger charge is 2.03. The zero-order valence-electron chi connectivity index (χ0n) is 11.7. The number of aryl methyl sites for hydroxylation is 1. The molecule has 0 fully saturated rings. The molecule has 0 aliphatic heterocycles. The zero-order chi connectivity index (χ0) is 14.1. The van der Waals surface area contributed by atoms with Crippen molar-refractivity contribution in [3.63, 3.8) is 0 Å². The fraction of sp³-hybridized carbons (Fsp3) is 0.533. The minimum atomic E-state index is -0.693. The summed E-state index contributed by atoms with van der Waals surface area (Å²) in [7, 11) is 0. The lowest BCUT2D eigenvalue weighted by atomic mass is 10.0. The molecule has 0 aliphatic rings. The smallest absolute Gasteiger partial charge is 0.303 e. The lowest BCUT2D eigenvalue weighted by molar-refractivity contribution is -0.137. The maximum atomic E-state index is 9.76. The molecule has 0 radical (unpaired) electrons. The molecule has 1 rings (SSSR count). The molecule has 102 valence electrons. The van der Waals surface area contributed by atoms with Crippen molar-refractivity contribution in [2.75, 3.05) is 0 Å². The van der Waals surface area contributed by atoms with Gasteiger partial charge < -0.3 is 10.2 Å². The van der Waals surface area contributed by atoms with E-state index in [0.29, 0.717) is 18.1 Å². The third-order valence-corrected chi connectivity index (χ3v) is 2.55. The predicted molar refractivity (Wildman–Crippen MR) is 74.1 cm³/mol. The zero-order valence-corrected chi connectivity index (χ0v) is 11.7. The van der Waals surface area contributed by atoms with Crippen molar-refractivity contribution in [1.82, 2.24) is 0 Å². The molecule has 1 aromatic rings. The van der Waals surface area contributed by atoms with E-state index in [1.807, 2.05) is 26.0 Å². The van der Waals surface area contributed by atoms with Crippen LogP contribution in [0.5, 0.6) is 5.75 Å². The molecule has 0 spiro atoms. The van der Waals surface area contributed by atoms with Gasteiger partial charge in [-0.1, -0.05) is 39.3 Å². The normalized spacial score (nSPS) is 9.83. The summed E-state index contributed by atoms with van der Waals surface area (Å²) >= 11 is 0. The fourth-order valence-electron chi connectivity index (χ4n) is 1.47. The molecule has 0 aliphatic carbocycles. The van der Waals surface area contributed by atoms with Crippen LogP contribution in [0, 0.1) is 6.92 Å². The van der Waals surface area contributed by atoms with Gasteiger partial charge in [-0.2, -0.15) is 0 Å². The predicted octanol–water partition coefficient (Wildman–Crippen LogP) is 4.09. The van der Waals surface area contributed by atoms with E-state index in [-0.39, 0.29) is 0 Å². The van der Waals surface area contributed by atoms with Gasteiger partial charge in [-0.3, -0.25) is 4.79 Å². The van der Waals surface area contributed by atoms with Crippen LogP contribution in [0.15, 0.2) is 18.2 Å². The van der Waals surface area contributed by atoms with Crippen LogP contribution in [-0.2, 0) is 4.79 Å². The summed E-state index contributed by atoms with van der Waals surface area (Å²) in [6.07, 6.45) is 2.08. The van der Waals surface area contributed by atoms with Gasteiger partial charge in [-0.05, 0) is 36.5 Å². The number of phenolic OH excluding ortho intramolecular Hbond substituents is 1. The van der Waals surface area contributed by atoms with E-state index in [1.54, 1.807) is 6.07 Å². The van der Waals surface area contributed by atoms with Gasteiger partial charge in [-0.15, -0.1) is 0 Å². The largest absolute Gasteiger partial charge is 0.508 e. The Morgan fingerprint density at radius 1 is 1.33 bits per heavy atom. The Hall–Kier alpha value is -1.51. The van der Waals surface area contributed by atoms with Gasteiger partial charge in [0.05, 0.1) is 0 Å². The Labute approximate surface area is 109 Å². The van der Waals surface area contributed by atoms with Crippen LogP contribution < -0.4 is 0 Å². The lowest BCUT2D eigenvalue weighted by Crippen LogP contribution is -1.91. The molecule has 0 amide bonds. The first-order valence-electron chi connectivity index (χ1n) is 6.39. The van der Waals surface area contributed by atoms with Gasteiger partial charge in [0.15, 0.2) is 0 Å². The molecule has 0 aromatic heterocycles. The number of carboxylic acids is 1. The van der Waals surface area contributed by atoms with Gasteiger partial charge in [0.1, 0.15) is 5.75 Å². The summed E-state index contributed by atoms with van der Waals surface area (Å²) in [4.78, 5) is 9.76. The second kappa shape index (κ2) is 8.56. The number of rotatable bonds is 4. The summed E-state index contributed by atoms with van der Waals surface area (Å²) in [5.41, 5.74) is 2.13. The van der Waals surface area contributed by atoms with Crippen LogP contribution in [0.1, 0.15) is 57.1 Å². The molecular weight excluding hydrogens is 228 g/mol. The van der Waals surface area contributed by atoms with E-state index in [1.165, 1.54) is 0 Å². The number of aromatic hydroxyl groups is 1. The molecule has 0 heterocycles. The molecule has 3 nitrogen and oxygen atoms in total. The Morgan fingerprint density at radius 2 is 1.94 bits per heavy atom. The quantitative estimate of drug-likeness (QED) is 0.848. The average Bonchev–Trinajstić information content (AvgIpc) is 2.26. The van der Waals surface area contributed by atoms with Crippen LogP contribution in [0.25, 0.3) is 0 Å². The number of hydrogen-bond acceptors (Lipinski definition) is 2. The topological polar surface area (TPSA) is 57.5 Å². The molecule has 0 bridgehead atoms. The summed E-state index contributed by atoms with van der Waals surface area (Å²) < 4.78 is 0. The van der Waals surface area contributed by atoms with E-state index < -0.39 is 5.97 Å². The number of carbonyl (C=O) groups is 1. The number of phenols is 1. The first-order chi connectivity index (χ1) is 8.38. The number of benzene rings is 1. The van der Waals surface area contributed by atoms with Gasteiger partial charge in [-0.25, -0.2) is 0 Å². The maximum Gasteiger partial charge on any atom is 0.303 e. The second-order valence-corrected chi connectivity index (χ2v) is 4.71. The van der Waals surface area contributed by atoms with Gasteiger partial charge in [0.25, 0.3) is 0 Å².